The van der Waals surface area contributed by atoms with Gasteiger partial charge >= 0.3 is 6.18 Å². The van der Waals surface area contributed by atoms with Crippen LogP contribution in [0.2, 0.25) is 0 Å². The van der Waals surface area contributed by atoms with Crippen molar-refractivity contribution in [3.63, 3.8) is 0 Å². The van der Waals surface area contributed by atoms with Gasteiger partial charge in [-0.25, -0.2) is 9.97 Å². The molecule has 1 unspecified atom stereocenters. The second-order valence-electron chi connectivity index (χ2n) is 3.28. The van der Waals surface area contributed by atoms with E-state index in [2.05, 4.69) is 9.97 Å². The molecule has 7 heteroatoms. The van der Waals surface area contributed by atoms with Crippen molar-refractivity contribution in [1.82, 2.24) is 9.97 Å². The second-order valence-corrected chi connectivity index (χ2v) is 3.28. The summed E-state index contributed by atoms with van der Waals surface area (Å²) in [6.07, 6.45) is -3.23. The zero-order chi connectivity index (χ0) is 12.2. The molecule has 1 heterocycles. The van der Waals surface area contributed by atoms with Crippen molar-refractivity contribution in [2.24, 2.45) is 5.73 Å². The Bertz CT molecular complexity index is 343. The van der Waals surface area contributed by atoms with E-state index in [0.717, 1.165) is 12.3 Å². The van der Waals surface area contributed by atoms with Crippen LogP contribution in [-0.4, -0.2) is 29.7 Å². The monoisotopic (exact) mass is 235 g/mol. The minimum absolute atomic E-state index is 0.0689. The van der Waals surface area contributed by atoms with Crippen molar-refractivity contribution >= 4 is 0 Å². The Morgan fingerprint density at radius 1 is 1.50 bits per heavy atom. The summed E-state index contributed by atoms with van der Waals surface area (Å²) in [6.45, 7) is 0.250. The Morgan fingerprint density at radius 3 is 2.75 bits per heavy atom. The summed E-state index contributed by atoms with van der Waals surface area (Å²) in [5.74, 6) is 0.0689. The molecular weight excluding hydrogens is 223 g/mol. The minimum Gasteiger partial charge on any atom is -0.383 e. The van der Waals surface area contributed by atoms with Crippen molar-refractivity contribution in [2.75, 3.05) is 13.7 Å². The van der Waals surface area contributed by atoms with Gasteiger partial charge in [0.15, 0.2) is 0 Å². The molecule has 0 bridgehead atoms. The van der Waals surface area contributed by atoms with Gasteiger partial charge in [-0.1, -0.05) is 0 Å². The first-order chi connectivity index (χ1) is 7.43. The van der Waals surface area contributed by atoms with Crippen LogP contribution in [0, 0.1) is 0 Å². The molecule has 0 aliphatic rings. The predicted molar refractivity (Wildman–Crippen MR) is 50.6 cm³/mol. The fraction of sp³-hybridized carbons (Fsp3) is 0.556. The van der Waals surface area contributed by atoms with E-state index in [-0.39, 0.29) is 18.9 Å². The van der Waals surface area contributed by atoms with Crippen LogP contribution in [0.5, 0.6) is 0 Å². The standard InChI is InChI=1S/C9H12F3N3O/c1-16-5-6(13)4-8-14-3-2-7(15-8)9(10,11)12/h2-3,6H,4-5,13H2,1H3. The maximum absolute atomic E-state index is 12.3. The van der Waals surface area contributed by atoms with Crippen molar-refractivity contribution in [1.29, 1.82) is 0 Å². The average molecular weight is 235 g/mol. The van der Waals surface area contributed by atoms with Gasteiger partial charge in [-0.15, -0.1) is 0 Å². The quantitative estimate of drug-likeness (QED) is 0.846. The van der Waals surface area contributed by atoms with E-state index in [1.807, 2.05) is 0 Å². The lowest BCUT2D eigenvalue weighted by Gasteiger charge is -2.10. The lowest BCUT2D eigenvalue weighted by atomic mass is 10.2. The van der Waals surface area contributed by atoms with E-state index in [1.165, 1.54) is 7.11 Å². The molecule has 0 aromatic carbocycles. The van der Waals surface area contributed by atoms with Crippen LogP contribution in [0.3, 0.4) is 0 Å². The Kier molecular flexibility index (Phi) is 4.19. The molecule has 4 nitrogen and oxygen atoms in total. The van der Waals surface area contributed by atoms with E-state index in [1.54, 1.807) is 0 Å². The first-order valence-electron chi connectivity index (χ1n) is 4.57. The molecule has 0 spiro atoms. The van der Waals surface area contributed by atoms with Crippen molar-refractivity contribution in [3.8, 4) is 0 Å². The molecule has 0 radical (unpaired) electrons. The first kappa shape index (κ1) is 12.9. The number of rotatable bonds is 4. The fourth-order valence-electron chi connectivity index (χ4n) is 1.16. The lowest BCUT2D eigenvalue weighted by Crippen LogP contribution is -2.29. The number of aromatic nitrogens is 2. The first-order valence-corrected chi connectivity index (χ1v) is 4.57. The maximum Gasteiger partial charge on any atom is 0.433 e. The molecule has 1 aromatic rings. The smallest absolute Gasteiger partial charge is 0.383 e. The van der Waals surface area contributed by atoms with Crippen molar-refractivity contribution < 1.29 is 17.9 Å². The molecule has 0 saturated heterocycles. The predicted octanol–water partition coefficient (Wildman–Crippen LogP) is 1.01. The second kappa shape index (κ2) is 5.22. The highest BCUT2D eigenvalue weighted by atomic mass is 19.4. The van der Waals surface area contributed by atoms with Crippen LogP contribution in [-0.2, 0) is 17.3 Å². The van der Waals surface area contributed by atoms with Crippen LogP contribution in [0.25, 0.3) is 0 Å². The third-order valence-corrected chi connectivity index (χ3v) is 1.82. The van der Waals surface area contributed by atoms with Crippen LogP contribution < -0.4 is 5.73 Å². The van der Waals surface area contributed by atoms with E-state index in [0.29, 0.717) is 0 Å². The largest absolute Gasteiger partial charge is 0.433 e. The topological polar surface area (TPSA) is 61.0 Å². The highest BCUT2D eigenvalue weighted by Gasteiger charge is 2.32. The number of hydrogen-bond acceptors (Lipinski definition) is 4. The number of methoxy groups -OCH3 is 1. The van der Waals surface area contributed by atoms with Gasteiger partial charge in [-0.05, 0) is 6.07 Å². The van der Waals surface area contributed by atoms with Gasteiger partial charge in [-0.3, -0.25) is 0 Å². The van der Waals surface area contributed by atoms with E-state index >= 15 is 0 Å². The molecular formula is C9H12F3N3O. The SMILES string of the molecule is COCC(N)Cc1nccc(C(F)(F)F)n1. The molecule has 1 aromatic heterocycles. The van der Waals surface area contributed by atoms with Gasteiger partial charge in [0.25, 0.3) is 0 Å². The molecule has 1 atom stereocenters. The maximum atomic E-state index is 12.3. The van der Waals surface area contributed by atoms with Crippen LogP contribution in [0.4, 0.5) is 13.2 Å². The van der Waals surface area contributed by atoms with E-state index in [4.69, 9.17) is 10.5 Å². The molecule has 0 saturated carbocycles. The summed E-state index contributed by atoms with van der Waals surface area (Å²) in [6, 6.07) is 0.416. The van der Waals surface area contributed by atoms with Gasteiger partial charge in [0.2, 0.25) is 0 Å². The van der Waals surface area contributed by atoms with Gasteiger partial charge in [-0.2, -0.15) is 13.2 Å². The van der Waals surface area contributed by atoms with Crippen LogP contribution in [0.1, 0.15) is 11.5 Å². The molecule has 2 N–H and O–H groups in total. The Balaban J connectivity index is 2.75. The van der Waals surface area contributed by atoms with Gasteiger partial charge in [0, 0.05) is 25.8 Å². The lowest BCUT2D eigenvalue weighted by molar-refractivity contribution is -0.141. The van der Waals surface area contributed by atoms with Crippen molar-refractivity contribution in [2.45, 2.75) is 18.6 Å². The Hall–Kier alpha value is -1.21. The number of alkyl halides is 3. The number of hydrogen-bond donors (Lipinski definition) is 1. The zero-order valence-corrected chi connectivity index (χ0v) is 8.66. The molecule has 0 aliphatic carbocycles. The molecule has 0 aliphatic heterocycles. The summed E-state index contributed by atoms with van der Waals surface area (Å²) < 4.78 is 41.7. The van der Waals surface area contributed by atoms with Gasteiger partial charge < -0.3 is 10.5 Å². The van der Waals surface area contributed by atoms with E-state index < -0.39 is 17.9 Å². The minimum atomic E-state index is -4.46. The molecule has 1 rings (SSSR count). The highest BCUT2D eigenvalue weighted by molar-refractivity contribution is 5.06. The van der Waals surface area contributed by atoms with Gasteiger partial charge in [0.05, 0.1) is 6.61 Å². The normalized spacial score (nSPS) is 13.8. The average Bonchev–Trinajstić information content (AvgIpc) is 2.17. The molecule has 16 heavy (non-hydrogen) atoms. The number of halogens is 3. The zero-order valence-electron chi connectivity index (χ0n) is 8.66. The fourth-order valence-corrected chi connectivity index (χ4v) is 1.16. The third kappa shape index (κ3) is 3.74. The summed E-state index contributed by atoms with van der Waals surface area (Å²) in [4.78, 5) is 7.12. The highest BCUT2D eigenvalue weighted by Crippen LogP contribution is 2.26. The van der Waals surface area contributed by atoms with Crippen LogP contribution >= 0.6 is 0 Å². The molecule has 90 valence electrons. The van der Waals surface area contributed by atoms with Crippen LogP contribution in [0.15, 0.2) is 12.3 Å². The molecule has 0 amide bonds. The summed E-state index contributed by atoms with van der Waals surface area (Å²) in [7, 11) is 1.47. The van der Waals surface area contributed by atoms with E-state index in [9.17, 15) is 13.2 Å². The van der Waals surface area contributed by atoms with Gasteiger partial charge in [0.1, 0.15) is 11.5 Å². The Morgan fingerprint density at radius 2 is 2.19 bits per heavy atom. The third-order valence-electron chi connectivity index (χ3n) is 1.82. The van der Waals surface area contributed by atoms with Crippen molar-refractivity contribution in [3.05, 3.63) is 23.8 Å². The number of nitrogens with zero attached hydrogens (tertiary/aromatic N) is 2. The number of ether oxygens (including phenoxy) is 1. The number of nitrogens with two attached hydrogens (primary N) is 1. The summed E-state index contributed by atoms with van der Waals surface area (Å²) in [5, 5.41) is 0. The summed E-state index contributed by atoms with van der Waals surface area (Å²) >= 11 is 0. The summed E-state index contributed by atoms with van der Waals surface area (Å²) in [5.41, 5.74) is 4.63. The Labute approximate surface area is 90.6 Å². The molecule has 0 fully saturated rings.